The Morgan fingerprint density at radius 1 is 0.679 bits per heavy atom. The third kappa shape index (κ3) is 0.706. The van der Waals surface area contributed by atoms with Crippen LogP contribution in [0, 0.1) is 100 Å². The molecule has 1 heteroatoms. The fourth-order valence-corrected chi connectivity index (χ4v) is 16.6. The molecule has 10 aliphatic carbocycles. The largest absolute Gasteiger partial charge is 0.493 e. The molecule has 28 heavy (non-hydrogen) atoms. The lowest BCUT2D eigenvalue weighted by Crippen LogP contribution is -2.56. The van der Waals surface area contributed by atoms with Gasteiger partial charge in [-0.25, -0.2) is 0 Å². The highest BCUT2D eigenvalue weighted by Crippen LogP contribution is 3.01. The lowest BCUT2D eigenvalue weighted by Gasteiger charge is -2.55. The van der Waals surface area contributed by atoms with E-state index in [1.165, 1.54) is 41.3 Å². The molecule has 0 amide bonds. The number of fused-ring (bicyclic) bond motifs is 3. The molecular formula is C27H26O. The van der Waals surface area contributed by atoms with Crippen LogP contribution in [0.4, 0.5) is 0 Å². The number of rotatable bonds is 0. The van der Waals surface area contributed by atoms with E-state index >= 15 is 0 Å². The molecule has 1 aromatic rings. The first kappa shape index (κ1) is 12.7. The maximum absolute atomic E-state index is 6.78. The first-order valence-corrected chi connectivity index (χ1v) is 12.6. The molecule has 0 aromatic heterocycles. The van der Waals surface area contributed by atoms with Gasteiger partial charge >= 0.3 is 0 Å². The zero-order valence-electron chi connectivity index (χ0n) is 16.1. The van der Waals surface area contributed by atoms with E-state index in [9.17, 15) is 0 Å². The van der Waals surface area contributed by atoms with Gasteiger partial charge in [-0.15, -0.1) is 0 Å². The van der Waals surface area contributed by atoms with Crippen LogP contribution in [-0.4, -0.2) is 6.61 Å². The zero-order chi connectivity index (χ0) is 17.0. The van der Waals surface area contributed by atoms with E-state index in [0.29, 0.717) is 10.8 Å². The summed E-state index contributed by atoms with van der Waals surface area (Å²) >= 11 is 0. The Morgan fingerprint density at radius 3 is 2.04 bits per heavy atom. The van der Waals surface area contributed by atoms with E-state index in [0.717, 1.165) is 65.8 Å². The summed E-state index contributed by atoms with van der Waals surface area (Å²) in [5.74, 6) is 19.6. The van der Waals surface area contributed by atoms with E-state index in [1.807, 2.05) is 0 Å². The molecule has 11 aliphatic rings. The third-order valence-corrected chi connectivity index (χ3v) is 15.0. The number of benzene rings is 1. The van der Waals surface area contributed by atoms with E-state index < -0.39 is 0 Å². The summed E-state index contributed by atoms with van der Waals surface area (Å²) in [5.41, 5.74) is 2.86. The van der Waals surface area contributed by atoms with Gasteiger partial charge in [0.1, 0.15) is 5.75 Å². The lowest BCUT2D eigenvalue weighted by molar-refractivity contribution is -0.0313. The van der Waals surface area contributed by atoms with Crippen molar-refractivity contribution in [3.8, 4) is 5.75 Å². The van der Waals surface area contributed by atoms with Crippen molar-refractivity contribution < 1.29 is 4.74 Å². The van der Waals surface area contributed by atoms with Crippen molar-refractivity contribution in [1.82, 2.24) is 0 Å². The molecular weight excluding hydrogens is 340 g/mol. The Kier molecular flexibility index (Phi) is 1.38. The molecule has 12 rings (SSSR count). The number of hydrogen-bond donors (Lipinski definition) is 0. The standard InChI is InChI=1S/C27H26O/c1-2-4-13-10(3-1)27-11-5-8-14-9-6-12(27)18-16(9)21-19(14)20-15(8)17(11)24-22(20)23(21)25(18)26(24,27)7-28-13/h1-4,8-9,11-12,14-25H,5-7H2/t8-,9-,11-,12-,14?,15-,16+,17+,18-,19?,20-,21+,22-,23-,24+,25-,26?,27?/m1/s1. The minimum atomic E-state index is 0.546. The van der Waals surface area contributed by atoms with Gasteiger partial charge in [0.05, 0.1) is 6.61 Å². The van der Waals surface area contributed by atoms with Crippen molar-refractivity contribution in [2.75, 3.05) is 6.61 Å². The molecule has 0 radical (unpaired) electrons. The smallest absolute Gasteiger partial charge is 0.123 e. The first-order valence-electron chi connectivity index (χ1n) is 12.6. The van der Waals surface area contributed by atoms with Gasteiger partial charge in [0.15, 0.2) is 0 Å². The molecule has 1 heterocycles. The third-order valence-electron chi connectivity index (χ3n) is 15.0. The molecule has 0 N–H and O–H groups in total. The monoisotopic (exact) mass is 366 g/mol. The summed E-state index contributed by atoms with van der Waals surface area (Å²) in [6, 6.07) is 9.51. The van der Waals surface area contributed by atoms with Crippen LogP contribution in [0.25, 0.3) is 0 Å². The van der Waals surface area contributed by atoms with Crippen LogP contribution in [0.1, 0.15) is 18.4 Å². The molecule has 140 valence electrons. The van der Waals surface area contributed by atoms with E-state index in [4.69, 9.17) is 4.74 Å². The molecule has 0 saturated heterocycles. The average molecular weight is 367 g/mol. The summed E-state index contributed by atoms with van der Waals surface area (Å²) < 4.78 is 6.78. The highest BCUT2D eigenvalue weighted by Gasteiger charge is 3.00. The highest BCUT2D eigenvalue weighted by molar-refractivity contribution is 5.57. The zero-order valence-corrected chi connectivity index (χ0v) is 16.1. The molecule has 1 spiro atoms. The summed E-state index contributed by atoms with van der Waals surface area (Å²) in [6.07, 6.45) is 3.28. The van der Waals surface area contributed by atoms with Crippen LogP contribution in [0.2, 0.25) is 0 Å². The molecule has 1 aliphatic heterocycles. The summed E-state index contributed by atoms with van der Waals surface area (Å²) in [5, 5.41) is 0. The van der Waals surface area contributed by atoms with Crippen molar-refractivity contribution in [2.24, 2.45) is 100 Å². The molecule has 10 fully saturated rings. The minimum absolute atomic E-state index is 0.546. The van der Waals surface area contributed by atoms with Crippen LogP contribution >= 0.6 is 0 Å². The number of hydrogen-bond acceptors (Lipinski definition) is 1. The van der Waals surface area contributed by atoms with Gasteiger partial charge in [0.2, 0.25) is 0 Å². The van der Waals surface area contributed by atoms with Crippen molar-refractivity contribution in [1.29, 1.82) is 0 Å². The Balaban J connectivity index is 1.35. The highest BCUT2D eigenvalue weighted by atomic mass is 16.5. The Morgan fingerprint density at radius 2 is 1.32 bits per heavy atom. The predicted molar refractivity (Wildman–Crippen MR) is 101 cm³/mol. The Hall–Kier alpha value is -0.980. The van der Waals surface area contributed by atoms with Gasteiger partial charge in [-0.3, -0.25) is 0 Å². The molecule has 4 unspecified atom stereocenters. The van der Waals surface area contributed by atoms with Gasteiger partial charge in [-0.1, -0.05) is 18.2 Å². The average Bonchev–Trinajstić information content (AvgIpc) is 3.46. The van der Waals surface area contributed by atoms with E-state index in [-0.39, 0.29) is 0 Å². The van der Waals surface area contributed by atoms with Gasteiger partial charge in [-0.2, -0.15) is 0 Å². The fourth-order valence-electron chi connectivity index (χ4n) is 16.6. The molecule has 1 nitrogen and oxygen atoms in total. The van der Waals surface area contributed by atoms with Crippen LogP contribution in [-0.2, 0) is 5.41 Å². The van der Waals surface area contributed by atoms with Crippen LogP contribution in [0.3, 0.4) is 0 Å². The first-order chi connectivity index (χ1) is 13.9. The minimum Gasteiger partial charge on any atom is -0.493 e. The Labute approximate surface area is 165 Å². The van der Waals surface area contributed by atoms with Gasteiger partial charge in [0.25, 0.3) is 0 Å². The van der Waals surface area contributed by atoms with Crippen LogP contribution in [0.5, 0.6) is 5.75 Å². The fraction of sp³-hybridized carbons (Fsp3) is 0.778. The quantitative estimate of drug-likeness (QED) is 0.672. The van der Waals surface area contributed by atoms with Crippen LogP contribution in [0.15, 0.2) is 24.3 Å². The molecule has 0 bridgehead atoms. The second-order valence-corrected chi connectivity index (χ2v) is 13.5. The topological polar surface area (TPSA) is 9.23 Å². The maximum atomic E-state index is 6.78. The molecule has 1 aromatic carbocycles. The van der Waals surface area contributed by atoms with Crippen molar-refractivity contribution in [3.05, 3.63) is 29.8 Å². The van der Waals surface area contributed by atoms with Crippen molar-refractivity contribution in [3.63, 3.8) is 0 Å². The van der Waals surface area contributed by atoms with E-state index in [1.54, 1.807) is 18.4 Å². The van der Waals surface area contributed by atoms with Crippen molar-refractivity contribution in [2.45, 2.75) is 18.3 Å². The van der Waals surface area contributed by atoms with Crippen molar-refractivity contribution >= 4 is 0 Å². The van der Waals surface area contributed by atoms with Gasteiger partial charge < -0.3 is 4.74 Å². The number of para-hydroxylation sites is 1. The van der Waals surface area contributed by atoms with Crippen LogP contribution < -0.4 is 4.74 Å². The van der Waals surface area contributed by atoms with E-state index in [2.05, 4.69) is 24.3 Å². The maximum Gasteiger partial charge on any atom is 0.123 e. The van der Waals surface area contributed by atoms with Gasteiger partial charge in [-0.05, 0) is 114 Å². The number of ether oxygens (including phenoxy) is 1. The summed E-state index contributed by atoms with van der Waals surface area (Å²) in [4.78, 5) is 0. The lowest BCUT2D eigenvalue weighted by atomic mass is 9.51. The predicted octanol–water partition coefficient (Wildman–Crippen LogP) is 4.08. The normalized spacial score (nSPS) is 81.0. The second-order valence-electron chi connectivity index (χ2n) is 13.5. The second kappa shape index (κ2) is 3.05. The summed E-state index contributed by atoms with van der Waals surface area (Å²) in [6.45, 7) is 1.12. The van der Waals surface area contributed by atoms with Gasteiger partial charge in [0, 0.05) is 16.4 Å². The molecule has 10 saturated carbocycles. The Bertz CT molecular complexity index is 1040. The SMILES string of the molecule is c1ccc2c(c1)OCC13[C@@H]4[C@@H]5[C@H]6C7C8[C@H]9C[C@H]([C@@H]%10[C@H]9[C@@H]7[C@H]5[C@@H]%101)C23[C@@H]1C[C@H]8[C@@H]6[C@@H]41. The molecule has 18 atom stereocenters. The summed E-state index contributed by atoms with van der Waals surface area (Å²) in [7, 11) is 0.